The zero-order valence-corrected chi connectivity index (χ0v) is 13.0. The third-order valence-corrected chi connectivity index (χ3v) is 4.83. The van der Waals surface area contributed by atoms with Gasteiger partial charge in [-0.2, -0.15) is 0 Å². The van der Waals surface area contributed by atoms with Gasteiger partial charge in [0, 0.05) is 24.0 Å². The minimum Gasteiger partial charge on any atom is -0.339 e. The molecule has 0 aromatic heterocycles. The molecule has 0 saturated carbocycles. The Bertz CT molecular complexity index is 644. The van der Waals surface area contributed by atoms with Gasteiger partial charge in [-0.25, -0.2) is 0 Å². The van der Waals surface area contributed by atoms with Gasteiger partial charge in [-0.1, -0.05) is 30.3 Å². The van der Waals surface area contributed by atoms with Crippen molar-refractivity contribution in [3.8, 4) is 0 Å². The maximum Gasteiger partial charge on any atom is 0.253 e. The Hall–Kier alpha value is -1.54. The van der Waals surface area contributed by atoms with Crippen LogP contribution in [0, 0.1) is 5.92 Å². The van der Waals surface area contributed by atoms with Crippen molar-refractivity contribution in [3.63, 3.8) is 0 Å². The molecule has 1 heterocycles. The van der Waals surface area contributed by atoms with Crippen molar-refractivity contribution in [2.24, 2.45) is 5.92 Å². The number of hydrogen-bond donors (Lipinski definition) is 0. The number of rotatable bonds is 2. The van der Waals surface area contributed by atoms with E-state index in [1.165, 1.54) is 5.39 Å². The van der Waals surface area contributed by atoms with E-state index in [0.29, 0.717) is 5.92 Å². The van der Waals surface area contributed by atoms with Crippen molar-refractivity contribution in [1.82, 2.24) is 4.90 Å². The lowest BCUT2D eigenvalue weighted by atomic mass is 9.93. The quantitative estimate of drug-likeness (QED) is 0.757. The van der Waals surface area contributed by atoms with Gasteiger partial charge < -0.3 is 4.90 Å². The van der Waals surface area contributed by atoms with Crippen LogP contribution in [0.4, 0.5) is 0 Å². The Morgan fingerprint density at radius 3 is 2.48 bits per heavy atom. The van der Waals surface area contributed by atoms with E-state index in [9.17, 15) is 4.79 Å². The van der Waals surface area contributed by atoms with Crippen LogP contribution in [0.25, 0.3) is 10.8 Å². The van der Waals surface area contributed by atoms with E-state index < -0.39 is 0 Å². The van der Waals surface area contributed by atoms with Gasteiger partial charge >= 0.3 is 0 Å². The van der Waals surface area contributed by atoms with E-state index in [2.05, 4.69) is 6.07 Å². The third kappa shape index (κ3) is 3.06. The van der Waals surface area contributed by atoms with Crippen molar-refractivity contribution in [2.75, 3.05) is 13.1 Å². The molecule has 2 aromatic carbocycles. The van der Waals surface area contributed by atoms with Gasteiger partial charge in [0.1, 0.15) is 0 Å². The second-order valence-corrected chi connectivity index (χ2v) is 6.56. The van der Waals surface area contributed by atoms with Crippen molar-refractivity contribution in [2.45, 2.75) is 25.1 Å². The molecule has 0 radical (unpaired) electrons. The molecular formula is C18H20ClNO. The molecule has 2 aromatic rings. The summed E-state index contributed by atoms with van der Waals surface area (Å²) in [5, 5.41) is 2.49. The number of likely N-dealkylation sites (tertiary alicyclic amines) is 1. The second kappa shape index (κ2) is 6.07. The molecular weight excluding hydrogens is 282 g/mol. The fraction of sp³-hybridized carbons (Fsp3) is 0.389. The van der Waals surface area contributed by atoms with Crippen LogP contribution in [0.2, 0.25) is 0 Å². The maximum atomic E-state index is 12.6. The van der Waals surface area contributed by atoms with Gasteiger partial charge in [-0.3, -0.25) is 4.79 Å². The van der Waals surface area contributed by atoms with Crippen LogP contribution in [-0.4, -0.2) is 29.3 Å². The van der Waals surface area contributed by atoms with Crippen LogP contribution in [-0.2, 0) is 0 Å². The van der Waals surface area contributed by atoms with Crippen molar-refractivity contribution >= 4 is 28.3 Å². The number of halogens is 1. The van der Waals surface area contributed by atoms with E-state index in [0.717, 1.165) is 36.9 Å². The molecule has 0 spiro atoms. The molecule has 1 saturated heterocycles. The highest BCUT2D eigenvalue weighted by atomic mass is 35.5. The molecule has 0 aliphatic carbocycles. The third-order valence-electron chi connectivity index (χ3n) is 4.47. The van der Waals surface area contributed by atoms with Crippen molar-refractivity contribution in [1.29, 1.82) is 0 Å². The summed E-state index contributed by atoms with van der Waals surface area (Å²) in [6.07, 6.45) is 2.01. The first-order valence-corrected chi connectivity index (χ1v) is 8.01. The Kier molecular flexibility index (Phi) is 4.16. The van der Waals surface area contributed by atoms with E-state index in [4.69, 9.17) is 11.6 Å². The molecule has 1 unspecified atom stereocenters. The predicted octanol–water partition coefficient (Wildman–Crippen LogP) is 4.32. The highest BCUT2D eigenvalue weighted by molar-refractivity contribution is 6.20. The molecule has 1 fully saturated rings. The SMILES string of the molecule is CC(Cl)C1CCN(C(=O)c2ccc3ccccc3c2)CC1. The summed E-state index contributed by atoms with van der Waals surface area (Å²) in [5.41, 5.74) is 0.783. The van der Waals surface area contributed by atoms with Gasteiger partial charge in [0.15, 0.2) is 0 Å². The molecule has 1 aliphatic heterocycles. The molecule has 0 N–H and O–H groups in total. The minimum atomic E-state index is 0.140. The molecule has 1 amide bonds. The number of hydrogen-bond acceptors (Lipinski definition) is 1. The summed E-state index contributed by atoms with van der Waals surface area (Å²) in [4.78, 5) is 14.6. The fourth-order valence-electron chi connectivity index (χ4n) is 3.07. The molecule has 3 rings (SSSR count). The van der Waals surface area contributed by atoms with Crippen LogP contribution in [0.1, 0.15) is 30.1 Å². The maximum absolute atomic E-state index is 12.6. The molecule has 0 bridgehead atoms. The second-order valence-electron chi connectivity index (χ2n) is 5.87. The van der Waals surface area contributed by atoms with Gasteiger partial charge in [-0.05, 0) is 48.6 Å². The van der Waals surface area contributed by atoms with Crippen LogP contribution in [0.3, 0.4) is 0 Å². The Morgan fingerprint density at radius 1 is 1.14 bits per heavy atom. The van der Waals surface area contributed by atoms with Crippen molar-refractivity contribution in [3.05, 3.63) is 48.0 Å². The zero-order valence-electron chi connectivity index (χ0n) is 12.3. The van der Waals surface area contributed by atoms with Gasteiger partial charge in [0.2, 0.25) is 0 Å². The summed E-state index contributed by atoms with van der Waals surface area (Å²) >= 11 is 6.16. The summed E-state index contributed by atoms with van der Waals surface area (Å²) in [6, 6.07) is 14.1. The van der Waals surface area contributed by atoms with Crippen LogP contribution in [0.5, 0.6) is 0 Å². The van der Waals surface area contributed by atoms with Gasteiger partial charge in [0.05, 0.1) is 0 Å². The fourth-order valence-corrected chi connectivity index (χ4v) is 3.32. The first-order chi connectivity index (χ1) is 10.1. The monoisotopic (exact) mass is 301 g/mol. The molecule has 21 heavy (non-hydrogen) atoms. The highest BCUT2D eigenvalue weighted by Gasteiger charge is 2.25. The zero-order chi connectivity index (χ0) is 14.8. The van der Waals surface area contributed by atoms with E-state index in [1.54, 1.807) is 0 Å². The minimum absolute atomic E-state index is 0.140. The van der Waals surface area contributed by atoms with Gasteiger partial charge in [0.25, 0.3) is 5.91 Å². The molecule has 2 nitrogen and oxygen atoms in total. The number of carbonyl (C=O) groups excluding carboxylic acids is 1. The highest BCUT2D eigenvalue weighted by Crippen LogP contribution is 2.25. The van der Waals surface area contributed by atoms with Crippen LogP contribution < -0.4 is 0 Å². The number of fused-ring (bicyclic) bond motifs is 1. The number of amides is 1. The summed E-state index contributed by atoms with van der Waals surface area (Å²) in [7, 11) is 0. The molecule has 1 atom stereocenters. The smallest absolute Gasteiger partial charge is 0.253 e. The van der Waals surface area contributed by atoms with E-state index in [1.807, 2.05) is 48.2 Å². The number of carbonyl (C=O) groups is 1. The molecule has 1 aliphatic rings. The average Bonchev–Trinajstić information content (AvgIpc) is 2.54. The summed E-state index contributed by atoms with van der Waals surface area (Å²) in [6.45, 7) is 3.67. The number of piperidine rings is 1. The van der Waals surface area contributed by atoms with Crippen LogP contribution >= 0.6 is 11.6 Å². The van der Waals surface area contributed by atoms with Crippen LogP contribution in [0.15, 0.2) is 42.5 Å². The lowest BCUT2D eigenvalue weighted by molar-refractivity contribution is 0.0690. The predicted molar refractivity (Wildman–Crippen MR) is 87.9 cm³/mol. The van der Waals surface area contributed by atoms with E-state index >= 15 is 0 Å². The molecule has 110 valence electrons. The lowest BCUT2D eigenvalue weighted by Crippen LogP contribution is -2.40. The first-order valence-electron chi connectivity index (χ1n) is 7.57. The standard InChI is InChI=1S/C18H20ClNO/c1-13(19)14-8-10-20(11-9-14)18(21)17-7-6-15-4-2-3-5-16(15)12-17/h2-7,12-14H,8-11H2,1H3. The average molecular weight is 302 g/mol. The Balaban J connectivity index is 1.75. The molecule has 3 heteroatoms. The van der Waals surface area contributed by atoms with Crippen molar-refractivity contribution < 1.29 is 4.79 Å². The first kappa shape index (κ1) is 14.4. The lowest BCUT2D eigenvalue weighted by Gasteiger charge is -2.33. The Labute approximate surface area is 130 Å². The topological polar surface area (TPSA) is 20.3 Å². The number of nitrogens with zero attached hydrogens (tertiary/aromatic N) is 1. The Morgan fingerprint density at radius 2 is 1.81 bits per heavy atom. The number of alkyl halides is 1. The summed E-state index contributed by atoms with van der Waals surface area (Å²) < 4.78 is 0. The van der Waals surface area contributed by atoms with Gasteiger partial charge in [-0.15, -0.1) is 11.6 Å². The number of benzene rings is 2. The van der Waals surface area contributed by atoms with E-state index in [-0.39, 0.29) is 11.3 Å². The largest absolute Gasteiger partial charge is 0.339 e. The normalized spacial score (nSPS) is 17.9. The summed E-state index contributed by atoms with van der Waals surface area (Å²) in [5.74, 6) is 0.675.